The Morgan fingerprint density at radius 3 is 2.65 bits per heavy atom. The van der Waals surface area contributed by atoms with Crippen molar-refractivity contribution in [1.29, 1.82) is 0 Å². The second-order valence-electron chi connectivity index (χ2n) is 4.79. The van der Waals surface area contributed by atoms with Crippen LogP contribution < -0.4 is 10.5 Å². The molecule has 2 aromatic carbocycles. The molecule has 2 N–H and O–H groups in total. The molecule has 2 rings (SSSR count). The molecule has 1 unspecified atom stereocenters. The third kappa shape index (κ3) is 3.38. The Kier molecular flexibility index (Phi) is 4.78. The van der Waals surface area contributed by atoms with E-state index >= 15 is 0 Å². The number of benzene rings is 2. The van der Waals surface area contributed by atoms with Gasteiger partial charge in [0.25, 0.3) is 0 Å². The van der Waals surface area contributed by atoms with Crippen LogP contribution in [0.15, 0.2) is 40.9 Å². The van der Waals surface area contributed by atoms with E-state index in [1.807, 2.05) is 25.1 Å². The van der Waals surface area contributed by atoms with Crippen molar-refractivity contribution in [1.82, 2.24) is 0 Å². The molecule has 2 aromatic rings. The Bertz CT molecular complexity index is 615. The second-order valence-corrected chi connectivity index (χ2v) is 5.65. The number of hydrogen-bond acceptors (Lipinski definition) is 2. The third-order valence-corrected chi connectivity index (χ3v) is 3.98. The van der Waals surface area contributed by atoms with Crippen molar-refractivity contribution in [3.05, 3.63) is 63.4 Å². The lowest BCUT2D eigenvalue weighted by molar-refractivity contribution is 0.405. The molecule has 2 nitrogen and oxygen atoms in total. The van der Waals surface area contributed by atoms with Crippen LogP contribution in [0.5, 0.6) is 5.75 Å². The smallest absolute Gasteiger partial charge is 0.124 e. The minimum Gasteiger partial charge on any atom is -0.496 e. The predicted octanol–water partition coefficient (Wildman–Crippen LogP) is 4.15. The van der Waals surface area contributed by atoms with Crippen molar-refractivity contribution in [2.45, 2.75) is 19.4 Å². The van der Waals surface area contributed by atoms with Gasteiger partial charge in [-0.2, -0.15) is 0 Å². The summed E-state index contributed by atoms with van der Waals surface area (Å²) in [5.74, 6) is 0.526. The lowest BCUT2D eigenvalue weighted by atomic mass is 9.98. The van der Waals surface area contributed by atoms with E-state index in [0.717, 1.165) is 26.9 Å². The maximum Gasteiger partial charge on any atom is 0.124 e. The summed E-state index contributed by atoms with van der Waals surface area (Å²) in [7, 11) is 1.64. The number of aryl methyl sites for hydroxylation is 1. The Labute approximate surface area is 126 Å². The first-order valence-corrected chi connectivity index (χ1v) is 7.14. The number of ether oxygens (including phenoxy) is 1. The third-order valence-electron chi connectivity index (χ3n) is 3.24. The van der Waals surface area contributed by atoms with E-state index in [-0.39, 0.29) is 11.9 Å². The lowest BCUT2D eigenvalue weighted by Crippen LogP contribution is -2.15. The van der Waals surface area contributed by atoms with E-state index in [2.05, 4.69) is 15.9 Å². The molecule has 0 aromatic heterocycles. The molecule has 0 spiro atoms. The SMILES string of the molecule is COc1cc(C)ccc1C(N)Cc1ccc(F)cc1Br. The van der Waals surface area contributed by atoms with E-state index in [1.165, 1.54) is 12.1 Å². The fourth-order valence-corrected chi connectivity index (χ4v) is 2.67. The molecule has 0 aliphatic heterocycles. The Balaban J connectivity index is 2.25. The van der Waals surface area contributed by atoms with Crippen LogP contribution in [0.2, 0.25) is 0 Å². The average molecular weight is 338 g/mol. The van der Waals surface area contributed by atoms with Gasteiger partial charge in [0.05, 0.1) is 7.11 Å². The van der Waals surface area contributed by atoms with Crippen LogP contribution in [-0.2, 0) is 6.42 Å². The van der Waals surface area contributed by atoms with Gasteiger partial charge in [0.2, 0.25) is 0 Å². The number of nitrogens with two attached hydrogens (primary N) is 1. The van der Waals surface area contributed by atoms with Gasteiger partial charge >= 0.3 is 0 Å². The maximum absolute atomic E-state index is 13.1. The van der Waals surface area contributed by atoms with Gasteiger partial charge in [-0.1, -0.05) is 34.1 Å². The molecular weight excluding hydrogens is 321 g/mol. The Morgan fingerprint density at radius 1 is 1.25 bits per heavy atom. The first-order chi connectivity index (χ1) is 9.51. The summed E-state index contributed by atoms with van der Waals surface area (Å²) >= 11 is 3.37. The minimum absolute atomic E-state index is 0.202. The number of halogens is 2. The molecule has 0 bridgehead atoms. The van der Waals surface area contributed by atoms with Crippen molar-refractivity contribution < 1.29 is 9.13 Å². The molecule has 0 aliphatic carbocycles. The van der Waals surface area contributed by atoms with Crippen molar-refractivity contribution in [2.75, 3.05) is 7.11 Å². The molecule has 0 radical (unpaired) electrons. The van der Waals surface area contributed by atoms with E-state index < -0.39 is 0 Å². The summed E-state index contributed by atoms with van der Waals surface area (Å²) in [5.41, 5.74) is 9.32. The second kappa shape index (κ2) is 6.37. The Hall–Kier alpha value is -1.39. The van der Waals surface area contributed by atoms with Crippen molar-refractivity contribution >= 4 is 15.9 Å². The van der Waals surface area contributed by atoms with E-state index in [9.17, 15) is 4.39 Å². The van der Waals surface area contributed by atoms with Gasteiger partial charge in [0.15, 0.2) is 0 Å². The fraction of sp³-hybridized carbons (Fsp3) is 0.250. The van der Waals surface area contributed by atoms with Gasteiger partial charge in [-0.25, -0.2) is 4.39 Å². The van der Waals surface area contributed by atoms with Crippen LogP contribution in [0.25, 0.3) is 0 Å². The molecule has 0 saturated heterocycles. The highest BCUT2D eigenvalue weighted by molar-refractivity contribution is 9.10. The highest BCUT2D eigenvalue weighted by Crippen LogP contribution is 2.29. The molecule has 0 amide bonds. The molecule has 0 aliphatic rings. The molecule has 0 fully saturated rings. The van der Waals surface area contributed by atoms with Crippen LogP contribution >= 0.6 is 15.9 Å². The normalized spacial score (nSPS) is 12.2. The van der Waals surface area contributed by atoms with Gasteiger partial charge in [0.1, 0.15) is 11.6 Å². The Morgan fingerprint density at radius 2 is 2.00 bits per heavy atom. The van der Waals surface area contributed by atoms with Crippen LogP contribution in [-0.4, -0.2) is 7.11 Å². The summed E-state index contributed by atoms with van der Waals surface area (Å²) in [6.07, 6.45) is 0.611. The zero-order valence-electron chi connectivity index (χ0n) is 11.5. The van der Waals surface area contributed by atoms with E-state index in [1.54, 1.807) is 13.2 Å². The van der Waals surface area contributed by atoms with Crippen molar-refractivity contribution in [2.24, 2.45) is 5.73 Å². The zero-order chi connectivity index (χ0) is 14.7. The summed E-state index contributed by atoms with van der Waals surface area (Å²) < 4.78 is 19.2. The lowest BCUT2D eigenvalue weighted by Gasteiger charge is -2.17. The predicted molar refractivity (Wildman–Crippen MR) is 82.5 cm³/mol. The van der Waals surface area contributed by atoms with Crippen molar-refractivity contribution in [3.63, 3.8) is 0 Å². The van der Waals surface area contributed by atoms with Gasteiger partial charge in [-0.3, -0.25) is 0 Å². The van der Waals surface area contributed by atoms with Gasteiger partial charge in [-0.15, -0.1) is 0 Å². The molecule has 20 heavy (non-hydrogen) atoms. The largest absolute Gasteiger partial charge is 0.496 e. The van der Waals surface area contributed by atoms with E-state index in [4.69, 9.17) is 10.5 Å². The molecular formula is C16H17BrFNO. The summed E-state index contributed by atoms with van der Waals surface area (Å²) in [6, 6.07) is 10.4. The first-order valence-electron chi connectivity index (χ1n) is 6.35. The van der Waals surface area contributed by atoms with Crippen LogP contribution in [0, 0.1) is 12.7 Å². The first kappa shape index (κ1) is 15.0. The summed E-state index contributed by atoms with van der Waals surface area (Å²) in [6.45, 7) is 2.01. The maximum atomic E-state index is 13.1. The standard InChI is InChI=1S/C16H17BrFNO/c1-10-3-6-13(16(7-10)20-2)15(19)8-11-4-5-12(18)9-14(11)17/h3-7,9,15H,8,19H2,1-2H3. The summed E-state index contributed by atoms with van der Waals surface area (Å²) in [5, 5.41) is 0. The number of rotatable bonds is 4. The van der Waals surface area contributed by atoms with Gasteiger partial charge in [-0.05, 0) is 42.7 Å². The van der Waals surface area contributed by atoms with Crippen LogP contribution in [0.3, 0.4) is 0 Å². The average Bonchev–Trinajstić information content (AvgIpc) is 2.41. The van der Waals surface area contributed by atoms with Crippen LogP contribution in [0.1, 0.15) is 22.7 Å². The number of hydrogen-bond donors (Lipinski definition) is 1. The minimum atomic E-state index is -0.262. The quantitative estimate of drug-likeness (QED) is 0.909. The highest BCUT2D eigenvalue weighted by Gasteiger charge is 2.14. The molecule has 1 atom stereocenters. The number of methoxy groups -OCH3 is 1. The molecule has 0 heterocycles. The van der Waals surface area contributed by atoms with Gasteiger partial charge < -0.3 is 10.5 Å². The highest BCUT2D eigenvalue weighted by atomic mass is 79.9. The topological polar surface area (TPSA) is 35.2 Å². The monoisotopic (exact) mass is 337 g/mol. The molecule has 0 saturated carbocycles. The van der Waals surface area contributed by atoms with Crippen LogP contribution in [0.4, 0.5) is 4.39 Å². The fourth-order valence-electron chi connectivity index (χ4n) is 2.16. The van der Waals surface area contributed by atoms with Gasteiger partial charge in [0, 0.05) is 16.1 Å². The molecule has 4 heteroatoms. The van der Waals surface area contributed by atoms with Crippen molar-refractivity contribution in [3.8, 4) is 5.75 Å². The summed E-state index contributed by atoms with van der Waals surface area (Å²) in [4.78, 5) is 0. The zero-order valence-corrected chi connectivity index (χ0v) is 13.1. The molecule has 106 valence electrons. The van der Waals surface area contributed by atoms with E-state index in [0.29, 0.717) is 6.42 Å².